The number of rotatable bonds is 5. The van der Waals surface area contributed by atoms with Gasteiger partial charge in [0.05, 0.1) is 12.6 Å². The number of hydrogen-bond acceptors (Lipinski definition) is 3. The first-order chi connectivity index (χ1) is 11.8. The average Bonchev–Trinajstić information content (AvgIpc) is 2.55. The Kier molecular flexibility index (Phi) is 5.97. The second-order valence-electron chi connectivity index (χ2n) is 7.40. The van der Waals surface area contributed by atoms with E-state index in [2.05, 4.69) is 43.4 Å². The Bertz CT molecular complexity index is 723. The molecule has 0 bridgehead atoms. The van der Waals surface area contributed by atoms with Gasteiger partial charge in [-0.15, -0.1) is 0 Å². The standard InChI is InChI=1S/C21H27N3O/c1-21(2,3)18-10-6-16(7-11-18)14-20(25)23-22-15-17-8-12-19(13-9-17)24(4)5/h6-13,15H,14H2,1-5H3,(H,23,25)/b22-15-. The predicted octanol–water partition coefficient (Wildman–Crippen LogP) is 3.74. The molecule has 0 heterocycles. The lowest BCUT2D eigenvalue weighted by Crippen LogP contribution is -2.20. The summed E-state index contributed by atoms with van der Waals surface area (Å²) in [5.41, 5.74) is 7.01. The molecule has 0 saturated carbocycles. The quantitative estimate of drug-likeness (QED) is 0.667. The van der Waals surface area contributed by atoms with Crippen LogP contribution in [0.2, 0.25) is 0 Å². The van der Waals surface area contributed by atoms with E-state index in [-0.39, 0.29) is 11.3 Å². The van der Waals surface area contributed by atoms with Gasteiger partial charge in [0.1, 0.15) is 0 Å². The van der Waals surface area contributed by atoms with E-state index < -0.39 is 0 Å². The number of anilines is 1. The Morgan fingerprint density at radius 3 is 2.16 bits per heavy atom. The van der Waals surface area contributed by atoms with E-state index in [4.69, 9.17) is 0 Å². The molecule has 132 valence electrons. The van der Waals surface area contributed by atoms with Crippen molar-refractivity contribution >= 4 is 17.8 Å². The second kappa shape index (κ2) is 7.97. The second-order valence-corrected chi connectivity index (χ2v) is 7.40. The summed E-state index contributed by atoms with van der Waals surface area (Å²) in [6, 6.07) is 16.1. The van der Waals surface area contributed by atoms with Crippen molar-refractivity contribution in [2.45, 2.75) is 32.6 Å². The van der Waals surface area contributed by atoms with Crippen molar-refractivity contribution in [1.82, 2.24) is 5.43 Å². The Morgan fingerprint density at radius 1 is 1.04 bits per heavy atom. The number of nitrogens with one attached hydrogen (secondary N) is 1. The minimum Gasteiger partial charge on any atom is -0.378 e. The molecule has 0 atom stereocenters. The van der Waals surface area contributed by atoms with Crippen LogP contribution in [0.5, 0.6) is 0 Å². The van der Waals surface area contributed by atoms with Crippen LogP contribution >= 0.6 is 0 Å². The van der Waals surface area contributed by atoms with E-state index in [0.717, 1.165) is 16.8 Å². The van der Waals surface area contributed by atoms with Crippen LogP contribution in [0, 0.1) is 0 Å². The summed E-state index contributed by atoms with van der Waals surface area (Å²) in [7, 11) is 3.99. The molecule has 4 heteroatoms. The zero-order chi connectivity index (χ0) is 18.4. The number of amides is 1. The van der Waals surface area contributed by atoms with Gasteiger partial charge in [0.25, 0.3) is 0 Å². The van der Waals surface area contributed by atoms with Gasteiger partial charge in [-0.2, -0.15) is 5.10 Å². The molecule has 0 aliphatic heterocycles. The fraction of sp³-hybridized carbons (Fsp3) is 0.333. The van der Waals surface area contributed by atoms with E-state index >= 15 is 0 Å². The van der Waals surface area contributed by atoms with Gasteiger partial charge >= 0.3 is 0 Å². The zero-order valence-electron chi connectivity index (χ0n) is 15.7. The molecule has 2 aromatic rings. The molecule has 2 rings (SSSR count). The molecule has 4 nitrogen and oxygen atoms in total. The van der Waals surface area contributed by atoms with Crippen molar-refractivity contribution in [3.8, 4) is 0 Å². The van der Waals surface area contributed by atoms with Gasteiger partial charge in [-0.25, -0.2) is 5.43 Å². The monoisotopic (exact) mass is 337 g/mol. The highest BCUT2D eigenvalue weighted by molar-refractivity contribution is 5.83. The number of hydrazone groups is 1. The van der Waals surface area contributed by atoms with Crippen LogP contribution in [0.3, 0.4) is 0 Å². The molecular weight excluding hydrogens is 310 g/mol. The first-order valence-corrected chi connectivity index (χ1v) is 8.44. The molecule has 0 unspecified atom stereocenters. The Hall–Kier alpha value is -2.62. The molecule has 1 N–H and O–H groups in total. The molecule has 0 aliphatic rings. The molecule has 25 heavy (non-hydrogen) atoms. The smallest absolute Gasteiger partial charge is 0.244 e. The fourth-order valence-corrected chi connectivity index (χ4v) is 2.38. The predicted molar refractivity (Wildman–Crippen MR) is 105 cm³/mol. The van der Waals surface area contributed by atoms with E-state index in [9.17, 15) is 4.79 Å². The fourth-order valence-electron chi connectivity index (χ4n) is 2.38. The van der Waals surface area contributed by atoms with Crippen LogP contribution in [-0.2, 0) is 16.6 Å². The Labute approximate surface area is 150 Å². The van der Waals surface area contributed by atoms with Crippen LogP contribution < -0.4 is 10.3 Å². The lowest BCUT2D eigenvalue weighted by Gasteiger charge is -2.19. The maximum Gasteiger partial charge on any atom is 0.244 e. The largest absolute Gasteiger partial charge is 0.378 e. The van der Waals surface area contributed by atoms with Crippen molar-refractivity contribution < 1.29 is 4.79 Å². The van der Waals surface area contributed by atoms with Crippen LogP contribution in [0.15, 0.2) is 53.6 Å². The number of carbonyl (C=O) groups excluding carboxylic acids is 1. The molecule has 0 aliphatic carbocycles. The molecule has 0 spiro atoms. The van der Waals surface area contributed by atoms with Crippen molar-refractivity contribution in [2.75, 3.05) is 19.0 Å². The topological polar surface area (TPSA) is 44.7 Å². The molecule has 2 aromatic carbocycles. The van der Waals surface area contributed by atoms with Crippen molar-refractivity contribution in [3.05, 3.63) is 65.2 Å². The highest BCUT2D eigenvalue weighted by Crippen LogP contribution is 2.22. The lowest BCUT2D eigenvalue weighted by molar-refractivity contribution is -0.120. The van der Waals surface area contributed by atoms with Crippen LogP contribution in [0.1, 0.15) is 37.5 Å². The van der Waals surface area contributed by atoms with Gasteiger partial charge in [0.15, 0.2) is 0 Å². The van der Waals surface area contributed by atoms with E-state index in [1.54, 1.807) is 6.21 Å². The number of hydrogen-bond donors (Lipinski definition) is 1. The van der Waals surface area contributed by atoms with E-state index in [1.807, 2.05) is 55.4 Å². The van der Waals surface area contributed by atoms with Crippen LogP contribution in [0.25, 0.3) is 0 Å². The average molecular weight is 337 g/mol. The number of carbonyl (C=O) groups is 1. The summed E-state index contributed by atoms with van der Waals surface area (Å²) >= 11 is 0. The lowest BCUT2D eigenvalue weighted by atomic mass is 9.86. The molecule has 0 saturated heterocycles. The highest BCUT2D eigenvalue weighted by atomic mass is 16.2. The summed E-state index contributed by atoms with van der Waals surface area (Å²) in [5.74, 6) is -0.121. The van der Waals surface area contributed by atoms with Gasteiger partial charge in [0.2, 0.25) is 5.91 Å². The first kappa shape index (κ1) is 18.7. The van der Waals surface area contributed by atoms with Gasteiger partial charge in [-0.1, -0.05) is 57.2 Å². The molecule has 1 amide bonds. The van der Waals surface area contributed by atoms with Crippen molar-refractivity contribution in [2.24, 2.45) is 5.10 Å². The highest BCUT2D eigenvalue weighted by Gasteiger charge is 2.13. The number of nitrogens with zero attached hydrogens (tertiary/aromatic N) is 2. The third-order valence-corrected chi connectivity index (χ3v) is 4.00. The SMILES string of the molecule is CN(C)c1ccc(/C=N\NC(=O)Cc2ccc(C(C)(C)C)cc2)cc1. The third-order valence-electron chi connectivity index (χ3n) is 4.00. The molecule has 0 fully saturated rings. The van der Waals surface area contributed by atoms with Crippen LogP contribution in [0.4, 0.5) is 5.69 Å². The van der Waals surface area contributed by atoms with Gasteiger partial charge in [-0.05, 0) is 34.2 Å². The minimum atomic E-state index is -0.121. The van der Waals surface area contributed by atoms with E-state index in [1.165, 1.54) is 5.56 Å². The molecule has 0 radical (unpaired) electrons. The molecule has 0 aromatic heterocycles. The molecular formula is C21H27N3O. The van der Waals surface area contributed by atoms with Gasteiger partial charge in [-0.3, -0.25) is 4.79 Å². The maximum atomic E-state index is 12.0. The Morgan fingerprint density at radius 2 is 1.64 bits per heavy atom. The Balaban J connectivity index is 1.87. The van der Waals surface area contributed by atoms with Gasteiger partial charge in [0, 0.05) is 19.8 Å². The summed E-state index contributed by atoms with van der Waals surface area (Å²) in [6.45, 7) is 6.53. The van der Waals surface area contributed by atoms with Crippen LogP contribution in [-0.4, -0.2) is 26.2 Å². The normalized spacial score (nSPS) is 11.6. The zero-order valence-corrected chi connectivity index (χ0v) is 15.7. The van der Waals surface area contributed by atoms with Gasteiger partial charge < -0.3 is 4.90 Å². The third kappa shape index (κ3) is 5.75. The van der Waals surface area contributed by atoms with Crippen molar-refractivity contribution in [3.63, 3.8) is 0 Å². The van der Waals surface area contributed by atoms with Crippen molar-refractivity contribution in [1.29, 1.82) is 0 Å². The number of benzene rings is 2. The first-order valence-electron chi connectivity index (χ1n) is 8.44. The summed E-state index contributed by atoms with van der Waals surface area (Å²) in [6.07, 6.45) is 1.97. The summed E-state index contributed by atoms with van der Waals surface area (Å²) in [4.78, 5) is 14.0. The summed E-state index contributed by atoms with van der Waals surface area (Å²) in [5, 5.41) is 4.03. The summed E-state index contributed by atoms with van der Waals surface area (Å²) < 4.78 is 0. The minimum absolute atomic E-state index is 0.118. The van der Waals surface area contributed by atoms with E-state index in [0.29, 0.717) is 6.42 Å². The maximum absolute atomic E-state index is 12.0.